The highest BCUT2D eigenvalue weighted by Gasteiger charge is 2.37. The first-order chi connectivity index (χ1) is 8.64. The molecule has 1 aliphatic carbocycles. The first-order valence-corrected chi connectivity index (χ1v) is 6.55. The molecule has 0 saturated heterocycles. The second-order valence-electron chi connectivity index (χ2n) is 5.43. The Morgan fingerprint density at radius 1 is 1.44 bits per heavy atom. The molecule has 1 aromatic rings. The van der Waals surface area contributed by atoms with Crippen LogP contribution in [0.5, 0.6) is 0 Å². The Morgan fingerprint density at radius 2 is 2.06 bits per heavy atom. The average Bonchev–Trinajstić information content (AvgIpc) is 2.41. The van der Waals surface area contributed by atoms with Gasteiger partial charge < -0.3 is 11.1 Å². The molecular weight excluding hydrogens is 226 g/mol. The van der Waals surface area contributed by atoms with Gasteiger partial charge >= 0.3 is 0 Å². The number of carbonyl (C=O) groups is 1. The maximum atomic E-state index is 12.3. The average molecular weight is 247 g/mol. The van der Waals surface area contributed by atoms with Crippen molar-refractivity contribution in [3.05, 3.63) is 24.5 Å². The quantitative estimate of drug-likeness (QED) is 0.860. The zero-order valence-electron chi connectivity index (χ0n) is 10.9. The monoisotopic (exact) mass is 247 g/mol. The highest BCUT2D eigenvalue weighted by Crippen LogP contribution is 2.39. The lowest BCUT2D eigenvalue weighted by atomic mass is 9.71. The third-order valence-electron chi connectivity index (χ3n) is 4.03. The maximum Gasteiger partial charge on any atom is 0.230 e. The lowest BCUT2D eigenvalue weighted by Gasteiger charge is -2.35. The highest BCUT2D eigenvalue weighted by molar-refractivity contribution is 5.95. The molecule has 0 bridgehead atoms. The van der Waals surface area contributed by atoms with E-state index in [4.69, 9.17) is 5.73 Å². The van der Waals surface area contributed by atoms with E-state index in [9.17, 15) is 4.79 Å². The Kier molecular flexibility index (Phi) is 3.97. The zero-order valence-corrected chi connectivity index (χ0v) is 10.9. The molecule has 1 aliphatic rings. The lowest BCUT2D eigenvalue weighted by molar-refractivity contribution is -0.126. The normalized spacial score (nSPS) is 27.8. The fourth-order valence-corrected chi connectivity index (χ4v) is 2.49. The first-order valence-electron chi connectivity index (χ1n) is 6.55. The smallest absolute Gasteiger partial charge is 0.230 e. The summed E-state index contributed by atoms with van der Waals surface area (Å²) in [4.78, 5) is 16.3. The van der Waals surface area contributed by atoms with Crippen LogP contribution in [0.15, 0.2) is 24.5 Å². The molecule has 0 spiro atoms. The van der Waals surface area contributed by atoms with Gasteiger partial charge in [-0.1, -0.05) is 6.92 Å². The van der Waals surface area contributed by atoms with E-state index in [2.05, 4.69) is 17.2 Å². The summed E-state index contributed by atoms with van der Waals surface area (Å²) in [5.41, 5.74) is 6.25. The van der Waals surface area contributed by atoms with Crippen LogP contribution in [0.25, 0.3) is 0 Å². The van der Waals surface area contributed by atoms with E-state index in [0.717, 1.165) is 37.9 Å². The van der Waals surface area contributed by atoms with Crippen LogP contribution in [0.1, 0.15) is 32.6 Å². The number of aromatic nitrogens is 1. The molecule has 18 heavy (non-hydrogen) atoms. The van der Waals surface area contributed by atoms with Gasteiger partial charge in [-0.2, -0.15) is 0 Å². The molecule has 1 fully saturated rings. The van der Waals surface area contributed by atoms with Gasteiger partial charge in [0.05, 0.1) is 0 Å². The number of pyridine rings is 1. The van der Waals surface area contributed by atoms with Crippen LogP contribution >= 0.6 is 0 Å². The van der Waals surface area contributed by atoms with E-state index >= 15 is 0 Å². The van der Waals surface area contributed by atoms with Crippen molar-refractivity contribution in [1.29, 1.82) is 0 Å². The van der Waals surface area contributed by atoms with Crippen LogP contribution in [-0.2, 0) is 4.79 Å². The van der Waals surface area contributed by atoms with Crippen LogP contribution in [0.3, 0.4) is 0 Å². The summed E-state index contributed by atoms with van der Waals surface area (Å²) in [5, 5.41) is 2.97. The number of rotatable bonds is 3. The van der Waals surface area contributed by atoms with Crippen LogP contribution in [0, 0.1) is 11.3 Å². The van der Waals surface area contributed by atoms with Gasteiger partial charge in [0, 0.05) is 23.5 Å². The molecule has 1 heterocycles. The van der Waals surface area contributed by atoms with Gasteiger partial charge in [0.15, 0.2) is 0 Å². The molecule has 0 aromatic carbocycles. The fourth-order valence-electron chi connectivity index (χ4n) is 2.49. The van der Waals surface area contributed by atoms with Gasteiger partial charge in [0.2, 0.25) is 5.91 Å². The molecule has 0 radical (unpaired) electrons. The predicted molar refractivity (Wildman–Crippen MR) is 72.0 cm³/mol. The van der Waals surface area contributed by atoms with E-state index in [0.29, 0.717) is 5.92 Å². The highest BCUT2D eigenvalue weighted by atomic mass is 16.2. The predicted octanol–water partition coefficient (Wildman–Crippen LogP) is 2.18. The van der Waals surface area contributed by atoms with E-state index in [1.807, 2.05) is 12.1 Å². The minimum absolute atomic E-state index is 0.115. The number of hydrogen-bond acceptors (Lipinski definition) is 3. The van der Waals surface area contributed by atoms with Crippen molar-refractivity contribution in [2.24, 2.45) is 17.1 Å². The van der Waals surface area contributed by atoms with Gasteiger partial charge in [0.1, 0.15) is 0 Å². The van der Waals surface area contributed by atoms with Crippen molar-refractivity contribution < 1.29 is 4.79 Å². The third-order valence-corrected chi connectivity index (χ3v) is 4.03. The van der Waals surface area contributed by atoms with Crippen molar-refractivity contribution in [2.75, 3.05) is 11.9 Å². The van der Waals surface area contributed by atoms with Crippen molar-refractivity contribution in [2.45, 2.75) is 32.6 Å². The molecule has 1 aromatic heterocycles. The molecule has 3 N–H and O–H groups in total. The number of hydrogen-bond donors (Lipinski definition) is 2. The van der Waals surface area contributed by atoms with E-state index in [-0.39, 0.29) is 11.3 Å². The number of carbonyl (C=O) groups excluding carboxylic acids is 1. The Labute approximate surface area is 108 Å². The van der Waals surface area contributed by atoms with Crippen LogP contribution in [-0.4, -0.2) is 17.4 Å². The van der Waals surface area contributed by atoms with Gasteiger partial charge in [-0.3, -0.25) is 9.78 Å². The number of nitrogens with one attached hydrogen (secondary N) is 1. The Morgan fingerprint density at radius 3 is 2.61 bits per heavy atom. The zero-order chi connectivity index (χ0) is 13.0. The van der Waals surface area contributed by atoms with E-state index in [1.165, 1.54) is 0 Å². The molecule has 0 aliphatic heterocycles. The molecule has 4 nitrogen and oxygen atoms in total. The van der Waals surface area contributed by atoms with Gasteiger partial charge in [-0.05, 0) is 50.3 Å². The topological polar surface area (TPSA) is 68.0 Å². The molecular formula is C14H21N3O. The Balaban J connectivity index is 1.97. The SMILES string of the molecule is CC1(C(=O)Nc2ccncc2)CCC(CN)CC1. The summed E-state index contributed by atoms with van der Waals surface area (Å²) < 4.78 is 0. The largest absolute Gasteiger partial charge is 0.330 e. The van der Waals surface area contributed by atoms with Gasteiger partial charge in [0.25, 0.3) is 0 Å². The van der Waals surface area contributed by atoms with Crippen molar-refractivity contribution in [3.63, 3.8) is 0 Å². The van der Waals surface area contributed by atoms with Crippen molar-refractivity contribution in [1.82, 2.24) is 4.98 Å². The van der Waals surface area contributed by atoms with Crippen molar-refractivity contribution >= 4 is 11.6 Å². The molecule has 4 heteroatoms. The molecule has 0 unspecified atom stereocenters. The van der Waals surface area contributed by atoms with Gasteiger partial charge in [-0.15, -0.1) is 0 Å². The summed E-state index contributed by atoms with van der Waals surface area (Å²) in [6.45, 7) is 2.79. The van der Waals surface area contributed by atoms with E-state index < -0.39 is 0 Å². The lowest BCUT2D eigenvalue weighted by Crippen LogP contribution is -2.38. The van der Waals surface area contributed by atoms with Crippen LogP contribution in [0.2, 0.25) is 0 Å². The molecule has 98 valence electrons. The molecule has 1 saturated carbocycles. The van der Waals surface area contributed by atoms with Gasteiger partial charge in [-0.25, -0.2) is 0 Å². The van der Waals surface area contributed by atoms with E-state index in [1.54, 1.807) is 12.4 Å². The third kappa shape index (κ3) is 2.88. The summed E-state index contributed by atoms with van der Waals surface area (Å²) >= 11 is 0. The molecule has 1 amide bonds. The number of nitrogens with two attached hydrogens (primary N) is 1. The Bertz CT molecular complexity index is 397. The number of anilines is 1. The number of amides is 1. The van der Waals surface area contributed by atoms with Crippen LogP contribution < -0.4 is 11.1 Å². The first kappa shape index (κ1) is 13.0. The minimum Gasteiger partial charge on any atom is -0.330 e. The summed E-state index contributed by atoms with van der Waals surface area (Å²) in [6.07, 6.45) is 7.32. The molecule has 2 rings (SSSR count). The maximum absolute atomic E-state index is 12.3. The van der Waals surface area contributed by atoms with Crippen LogP contribution in [0.4, 0.5) is 5.69 Å². The minimum atomic E-state index is -0.255. The summed E-state index contributed by atoms with van der Waals surface area (Å²) in [6, 6.07) is 3.62. The van der Waals surface area contributed by atoms with Crippen molar-refractivity contribution in [3.8, 4) is 0 Å². The molecule has 0 atom stereocenters. The Hall–Kier alpha value is -1.42. The summed E-state index contributed by atoms with van der Waals surface area (Å²) in [7, 11) is 0. The second kappa shape index (κ2) is 5.48. The number of nitrogens with zero attached hydrogens (tertiary/aromatic N) is 1. The fraction of sp³-hybridized carbons (Fsp3) is 0.571. The second-order valence-corrected chi connectivity index (χ2v) is 5.43. The standard InChI is InChI=1S/C14H21N3O/c1-14(6-2-11(10-15)3-7-14)13(18)17-12-4-8-16-9-5-12/h4-5,8-9,11H,2-3,6-7,10,15H2,1H3,(H,16,17,18). The summed E-state index contributed by atoms with van der Waals surface area (Å²) in [5.74, 6) is 0.705.